The molecule has 0 aliphatic carbocycles. The van der Waals surface area contributed by atoms with E-state index in [4.69, 9.17) is 18.9 Å². The minimum atomic E-state index is -1.15. The molecule has 0 saturated carbocycles. The summed E-state index contributed by atoms with van der Waals surface area (Å²) >= 11 is 0. The largest absolute Gasteiger partial charge is 0.497 e. The Morgan fingerprint density at radius 2 is 1.80 bits per heavy atom. The number of rotatable bonds is 8. The second-order valence-corrected chi connectivity index (χ2v) is 10.3. The van der Waals surface area contributed by atoms with Crippen LogP contribution < -0.4 is 29.2 Å². The summed E-state index contributed by atoms with van der Waals surface area (Å²) in [5.41, 5.74) is 1.63. The average molecular weight is 546 g/mol. The molecule has 3 aromatic carbocycles. The van der Waals surface area contributed by atoms with Gasteiger partial charge in [-0.25, -0.2) is 4.68 Å². The summed E-state index contributed by atoms with van der Waals surface area (Å²) in [7, 11) is 3.05. The van der Waals surface area contributed by atoms with E-state index in [9.17, 15) is 9.59 Å². The molecule has 40 heavy (non-hydrogen) atoms. The summed E-state index contributed by atoms with van der Waals surface area (Å²) < 4.78 is 23.7. The number of carbonyl (C=O) groups excluding carboxylic acids is 2. The summed E-state index contributed by atoms with van der Waals surface area (Å²) in [6, 6.07) is 16.5. The van der Waals surface area contributed by atoms with Gasteiger partial charge in [-0.3, -0.25) is 14.5 Å². The standard InChI is InChI=1S/C29H31N5O6/c1-29(2,3)30-28(36)27(20-15-19(37-4)11-13-23(20)38-5)34(18-10-12-24-25(14-18)40-17-39-24)26(35)16-33-22-9-7-6-8-21(22)31-32-33/h6-15,27H,16-17H2,1-5H3,(H,30,36). The summed E-state index contributed by atoms with van der Waals surface area (Å²) in [5, 5.41) is 11.4. The lowest BCUT2D eigenvalue weighted by Gasteiger charge is -2.34. The van der Waals surface area contributed by atoms with E-state index in [1.165, 1.54) is 23.8 Å². The van der Waals surface area contributed by atoms with Crippen LogP contribution in [0.1, 0.15) is 32.4 Å². The molecule has 5 rings (SSSR count). The van der Waals surface area contributed by atoms with Crippen LogP contribution >= 0.6 is 0 Å². The minimum Gasteiger partial charge on any atom is -0.497 e. The van der Waals surface area contributed by atoms with Crippen molar-refractivity contribution in [2.75, 3.05) is 25.9 Å². The number of nitrogens with zero attached hydrogens (tertiary/aromatic N) is 4. The Morgan fingerprint density at radius 3 is 2.55 bits per heavy atom. The number of aromatic nitrogens is 3. The molecule has 11 nitrogen and oxygen atoms in total. The van der Waals surface area contributed by atoms with Crippen molar-refractivity contribution in [1.82, 2.24) is 20.3 Å². The van der Waals surface area contributed by atoms with Gasteiger partial charge >= 0.3 is 0 Å². The van der Waals surface area contributed by atoms with Crippen molar-refractivity contribution in [3.05, 3.63) is 66.2 Å². The Balaban J connectivity index is 1.68. The van der Waals surface area contributed by atoms with Gasteiger partial charge in [-0.2, -0.15) is 0 Å². The number of amides is 2. The molecule has 1 aliphatic rings. The van der Waals surface area contributed by atoms with Gasteiger partial charge in [0, 0.05) is 22.9 Å². The summed E-state index contributed by atoms with van der Waals surface area (Å²) in [6.45, 7) is 5.51. The Bertz CT molecular complexity index is 1560. The van der Waals surface area contributed by atoms with Crippen LogP contribution in [0.5, 0.6) is 23.0 Å². The Morgan fingerprint density at radius 1 is 1.02 bits per heavy atom. The maximum atomic E-state index is 14.3. The van der Waals surface area contributed by atoms with Crippen LogP contribution in [0, 0.1) is 0 Å². The van der Waals surface area contributed by atoms with Crippen molar-refractivity contribution in [2.24, 2.45) is 0 Å². The van der Waals surface area contributed by atoms with Crippen molar-refractivity contribution in [1.29, 1.82) is 0 Å². The molecule has 1 atom stereocenters. The van der Waals surface area contributed by atoms with Gasteiger partial charge in [-0.05, 0) is 63.2 Å². The Hall–Kier alpha value is -4.80. The van der Waals surface area contributed by atoms with Crippen LogP contribution in [-0.2, 0) is 16.1 Å². The fourth-order valence-electron chi connectivity index (χ4n) is 4.60. The van der Waals surface area contributed by atoms with Gasteiger partial charge in [-0.15, -0.1) is 5.10 Å². The summed E-state index contributed by atoms with van der Waals surface area (Å²) in [4.78, 5) is 29.8. The van der Waals surface area contributed by atoms with Crippen molar-refractivity contribution in [2.45, 2.75) is 38.9 Å². The van der Waals surface area contributed by atoms with E-state index >= 15 is 0 Å². The molecule has 1 N–H and O–H groups in total. The molecular weight excluding hydrogens is 514 g/mol. The van der Waals surface area contributed by atoms with E-state index in [1.807, 2.05) is 45.0 Å². The maximum absolute atomic E-state index is 14.3. The Labute approximate surface area is 231 Å². The van der Waals surface area contributed by atoms with Crippen molar-refractivity contribution < 1.29 is 28.5 Å². The second kappa shape index (κ2) is 10.8. The third kappa shape index (κ3) is 5.35. The molecule has 1 aliphatic heterocycles. The predicted octanol–water partition coefficient (Wildman–Crippen LogP) is 3.87. The predicted molar refractivity (Wildman–Crippen MR) is 148 cm³/mol. The minimum absolute atomic E-state index is 0.0648. The maximum Gasteiger partial charge on any atom is 0.249 e. The molecule has 1 aromatic heterocycles. The first-order chi connectivity index (χ1) is 19.2. The first-order valence-electron chi connectivity index (χ1n) is 12.7. The molecule has 2 amide bonds. The fourth-order valence-corrected chi connectivity index (χ4v) is 4.60. The van der Waals surface area contributed by atoms with Gasteiger partial charge in [0.25, 0.3) is 0 Å². The van der Waals surface area contributed by atoms with Crippen LogP contribution in [0.15, 0.2) is 60.7 Å². The monoisotopic (exact) mass is 545 g/mol. The lowest BCUT2D eigenvalue weighted by atomic mass is 9.99. The molecule has 0 fully saturated rings. The van der Waals surface area contributed by atoms with Crippen LogP contribution in [0.4, 0.5) is 5.69 Å². The lowest BCUT2D eigenvalue weighted by Crippen LogP contribution is -2.50. The van der Waals surface area contributed by atoms with E-state index < -0.39 is 23.4 Å². The third-order valence-electron chi connectivity index (χ3n) is 6.34. The zero-order valence-electron chi connectivity index (χ0n) is 23.0. The van der Waals surface area contributed by atoms with Crippen molar-refractivity contribution in [3.8, 4) is 23.0 Å². The SMILES string of the molecule is COc1ccc(OC)c(C(C(=O)NC(C)(C)C)N(C(=O)Cn2nnc3ccccc32)c2ccc3c(c2)OCO3)c1. The lowest BCUT2D eigenvalue weighted by molar-refractivity contribution is -0.128. The number of carbonyl (C=O) groups is 2. The highest BCUT2D eigenvalue weighted by atomic mass is 16.7. The van der Waals surface area contributed by atoms with Gasteiger partial charge in [-0.1, -0.05) is 17.3 Å². The number of anilines is 1. The Kier molecular flexibility index (Phi) is 7.20. The van der Waals surface area contributed by atoms with Crippen LogP contribution in [0.2, 0.25) is 0 Å². The zero-order chi connectivity index (χ0) is 28.4. The number of hydrogen-bond acceptors (Lipinski definition) is 8. The van der Waals surface area contributed by atoms with E-state index in [-0.39, 0.29) is 13.3 Å². The smallest absolute Gasteiger partial charge is 0.249 e. The number of benzene rings is 3. The van der Waals surface area contributed by atoms with E-state index in [2.05, 4.69) is 15.6 Å². The van der Waals surface area contributed by atoms with Crippen LogP contribution in [0.3, 0.4) is 0 Å². The molecule has 2 heterocycles. The van der Waals surface area contributed by atoms with Gasteiger partial charge < -0.3 is 24.3 Å². The summed E-state index contributed by atoms with van der Waals surface area (Å²) in [6.07, 6.45) is 0. The average Bonchev–Trinajstić information content (AvgIpc) is 3.57. The molecule has 0 bridgehead atoms. The van der Waals surface area contributed by atoms with Gasteiger partial charge in [0.15, 0.2) is 11.5 Å². The number of hydrogen-bond donors (Lipinski definition) is 1. The van der Waals surface area contributed by atoms with Gasteiger partial charge in [0.05, 0.1) is 19.7 Å². The molecule has 0 spiro atoms. The quantitative estimate of drug-likeness (QED) is 0.355. The topological polar surface area (TPSA) is 117 Å². The zero-order valence-corrected chi connectivity index (χ0v) is 23.0. The molecule has 0 radical (unpaired) electrons. The number of methoxy groups -OCH3 is 2. The highest BCUT2D eigenvalue weighted by Gasteiger charge is 2.37. The molecule has 208 valence electrons. The third-order valence-corrected chi connectivity index (χ3v) is 6.34. The molecule has 1 unspecified atom stereocenters. The van der Waals surface area contributed by atoms with E-state index in [0.717, 1.165) is 0 Å². The first kappa shape index (κ1) is 26.8. The van der Waals surface area contributed by atoms with Crippen molar-refractivity contribution in [3.63, 3.8) is 0 Å². The van der Waals surface area contributed by atoms with E-state index in [0.29, 0.717) is 45.3 Å². The van der Waals surface area contributed by atoms with Gasteiger partial charge in [0.1, 0.15) is 29.6 Å². The second-order valence-electron chi connectivity index (χ2n) is 10.3. The highest BCUT2D eigenvalue weighted by Crippen LogP contribution is 2.40. The van der Waals surface area contributed by atoms with Gasteiger partial charge in [0.2, 0.25) is 18.6 Å². The number of fused-ring (bicyclic) bond motifs is 2. The molecule has 4 aromatic rings. The van der Waals surface area contributed by atoms with Crippen LogP contribution in [-0.4, -0.2) is 53.4 Å². The van der Waals surface area contributed by atoms with Crippen LogP contribution in [0.25, 0.3) is 11.0 Å². The molecule has 0 saturated heterocycles. The first-order valence-corrected chi connectivity index (χ1v) is 12.7. The number of ether oxygens (including phenoxy) is 4. The molecule has 11 heteroatoms. The van der Waals surface area contributed by atoms with E-state index in [1.54, 1.807) is 36.4 Å². The fraction of sp³-hybridized carbons (Fsp3) is 0.310. The normalized spacial score (nSPS) is 13.1. The van der Waals surface area contributed by atoms with Crippen molar-refractivity contribution >= 4 is 28.5 Å². The number of para-hydroxylation sites is 1. The summed E-state index contributed by atoms with van der Waals surface area (Å²) in [5.74, 6) is 1.12. The molecular formula is C29H31N5O6. The highest BCUT2D eigenvalue weighted by molar-refractivity contribution is 6.02. The number of nitrogens with one attached hydrogen (secondary N) is 1.